The number of aromatic amines is 1. The highest BCUT2D eigenvalue weighted by atomic mass is 16.5. The first-order valence-corrected chi connectivity index (χ1v) is 8.57. The molecule has 1 aliphatic heterocycles. The molecule has 0 spiro atoms. The normalized spacial score (nSPS) is 15.8. The van der Waals surface area contributed by atoms with Crippen molar-refractivity contribution >= 4 is 11.9 Å². The van der Waals surface area contributed by atoms with Gasteiger partial charge in [-0.15, -0.1) is 0 Å². The summed E-state index contributed by atoms with van der Waals surface area (Å²) in [6.45, 7) is 0.727. The van der Waals surface area contributed by atoms with E-state index in [1.54, 1.807) is 29.4 Å². The van der Waals surface area contributed by atoms with E-state index in [1.807, 2.05) is 6.07 Å². The van der Waals surface area contributed by atoms with Crippen molar-refractivity contribution in [2.75, 3.05) is 13.7 Å². The molecule has 1 unspecified atom stereocenters. The lowest BCUT2D eigenvalue weighted by atomic mass is 9.90. The molecule has 3 aromatic rings. The van der Waals surface area contributed by atoms with Crippen LogP contribution in [0.1, 0.15) is 43.8 Å². The zero-order valence-corrected chi connectivity index (χ0v) is 15.0. The number of carbonyl (C=O) groups excluding carboxylic acids is 2. The van der Waals surface area contributed by atoms with E-state index < -0.39 is 5.97 Å². The first-order chi connectivity index (χ1) is 13.6. The maximum absolute atomic E-state index is 12.9. The van der Waals surface area contributed by atoms with Gasteiger partial charge in [0.05, 0.1) is 43.8 Å². The van der Waals surface area contributed by atoms with E-state index in [9.17, 15) is 14.7 Å². The Labute approximate surface area is 160 Å². The number of esters is 1. The first-order valence-electron chi connectivity index (χ1n) is 8.57. The third-order valence-electron chi connectivity index (χ3n) is 4.66. The third-order valence-corrected chi connectivity index (χ3v) is 4.66. The molecule has 1 aliphatic rings. The van der Waals surface area contributed by atoms with Crippen LogP contribution in [0, 0.1) is 0 Å². The molecule has 1 aromatic carbocycles. The minimum Gasteiger partial charge on any atom is -0.508 e. The van der Waals surface area contributed by atoms with Crippen molar-refractivity contribution in [1.29, 1.82) is 0 Å². The van der Waals surface area contributed by atoms with Crippen molar-refractivity contribution in [2.24, 2.45) is 0 Å². The van der Waals surface area contributed by atoms with Crippen LogP contribution in [0.5, 0.6) is 5.75 Å². The van der Waals surface area contributed by atoms with Gasteiger partial charge in [-0.2, -0.15) is 0 Å². The van der Waals surface area contributed by atoms with Crippen LogP contribution in [0.15, 0.2) is 43.0 Å². The lowest BCUT2D eigenvalue weighted by Gasteiger charge is -2.32. The van der Waals surface area contributed by atoms with Gasteiger partial charge >= 0.3 is 5.97 Å². The van der Waals surface area contributed by atoms with Crippen molar-refractivity contribution in [1.82, 2.24) is 24.8 Å². The van der Waals surface area contributed by atoms with Gasteiger partial charge in [0, 0.05) is 12.5 Å². The molecule has 0 aliphatic carbocycles. The van der Waals surface area contributed by atoms with E-state index in [-0.39, 0.29) is 29.0 Å². The molecule has 9 nitrogen and oxygen atoms in total. The summed E-state index contributed by atoms with van der Waals surface area (Å²) in [5.74, 6) is -0.958. The van der Waals surface area contributed by atoms with Gasteiger partial charge in [0.2, 0.25) is 0 Å². The fourth-order valence-electron chi connectivity index (χ4n) is 3.29. The number of fused-ring (bicyclic) bond motifs is 1. The van der Waals surface area contributed by atoms with Crippen LogP contribution >= 0.6 is 0 Å². The smallest absolute Gasteiger partial charge is 0.358 e. The van der Waals surface area contributed by atoms with Gasteiger partial charge in [-0.25, -0.2) is 19.7 Å². The number of rotatable bonds is 3. The number of phenolic OH excluding ortho intramolecular Hbond substituents is 1. The van der Waals surface area contributed by atoms with Crippen molar-refractivity contribution in [2.45, 2.75) is 12.5 Å². The fraction of sp³-hybridized carbons (Fsp3) is 0.211. The summed E-state index contributed by atoms with van der Waals surface area (Å²) in [5.41, 5.74) is 2.70. The van der Waals surface area contributed by atoms with Crippen LogP contribution in [0.4, 0.5) is 0 Å². The second-order valence-corrected chi connectivity index (χ2v) is 6.38. The molecule has 0 radical (unpaired) electrons. The molecule has 0 saturated carbocycles. The summed E-state index contributed by atoms with van der Waals surface area (Å²) < 4.78 is 4.59. The van der Waals surface area contributed by atoms with E-state index in [1.165, 1.54) is 19.5 Å². The van der Waals surface area contributed by atoms with Crippen LogP contribution in [-0.4, -0.2) is 55.5 Å². The molecular formula is C19H17N5O4. The number of amides is 1. The zero-order valence-electron chi connectivity index (χ0n) is 15.0. The molecule has 142 valence electrons. The molecule has 3 heterocycles. The van der Waals surface area contributed by atoms with E-state index in [0.717, 1.165) is 17.0 Å². The lowest BCUT2D eigenvalue weighted by Crippen LogP contribution is -2.39. The molecule has 0 saturated heterocycles. The van der Waals surface area contributed by atoms with Gasteiger partial charge in [0.15, 0.2) is 5.69 Å². The second kappa shape index (κ2) is 7.10. The molecule has 0 fully saturated rings. The number of phenols is 1. The SMILES string of the molecule is COC(=O)c1cnc(C(=O)N2Cc3[nH]cnc3C(c3cccc(O)c3)C2)cn1. The molecule has 2 N–H and O–H groups in total. The molecular weight excluding hydrogens is 362 g/mol. The Hall–Kier alpha value is -3.75. The van der Waals surface area contributed by atoms with Gasteiger partial charge in [0.1, 0.15) is 11.4 Å². The number of hydrogen-bond donors (Lipinski definition) is 2. The van der Waals surface area contributed by atoms with Gasteiger partial charge in [0.25, 0.3) is 5.91 Å². The summed E-state index contributed by atoms with van der Waals surface area (Å²) in [4.78, 5) is 41.5. The van der Waals surface area contributed by atoms with Crippen LogP contribution in [0.25, 0.3) is 0 Å². The quantitative estimate of drug-likeness (QED) is 0.661. The maximum atomic E-state index is 12.9. The Bertz CT molecular complexity index is 1030. The van der Waals surface area contributed by atoms with Gasteiger partial charge in [-0.05, 0) is 17.7 Å². The average Bonchev–Trinajstić information content (AvgIpc) is 3.20. The maximum Gasteiger partial charge on any atom is 0.358 e. The number of ether oxygens (including phenoxy) is 1. The van der Waals surface area contributed by atoms with E-state index in [0.29, 0.717) is 13.1 Å². The van der Waals surface area contributed by atoms with Crippen LogP contribution in [0.2, 0.25) is 0 Å². The Morgan fingerprint density at radius 3 is 2.71 bits per heavy atom. The number of hydrogen-bond acceptors (Lipinski definition) is 7. The predicted octanol–water partition coefficient (Wildman–Crippen LogP) is 1.48. The Kier molecular flexibility index (Phi) is 4.48. The summed E-state index contributed by atoms with van der Waals surface area (Å²) in [5, 5.41) is 9.82. The fourth-order valence-corrected chi connectivity index (χ4v) is 3.29. The first kappa shape index (κ1) is 17.7. The number of benzene rings is 1. The monoisotopic (exact) mass is 379 g/mol. The Morgan fingerprint density at radius 2 is 2.00 bits per heavy atom. The van der Waals surface area contributed by atoms with Crippen molar-refractivity contribution in [3.63, 3.8) is 0 Å². The van der Waals surface area contributed by atoms with E-state index in [2.05, 4.69) is 24.7 Å². The van der Waals surface area contributed by atoms with Crippen molar-refractivity contribution < 1.29 is 19.4 Å². The number of nitrogens with zero attached hydrogens (tertiary/aromatic N) is 4. The number of methoxy groups -OCH3 is 1. The minimum absolute atomic E-state index is 0.0335. The van der Waals surface area contributed by atoms with Gasteiger partial charge in [-0.1, -0.05) is 12.1 Å². The standard InChI is InChI=1S/C19H17N5O4/c1-28-19(27)15-7-20-14(6-21-15)18(26)24-8-13(11-3-2-4-12(25)5-11)17-16(9-24)22-10-23-17/h2-7,10,13,25H,8-9H2,1H3,(H,22,23). The highest BCUT2D eigenvalue weighted by Crippen LogP contribution is 2.33. The molecule has 4 rings (SSSR count). The van der Waals surface area contributed by atoms with Crippen molar-refractivity contribution in [3.8, 4) is 5.75 Å². The third kappa shape index (κ3) is 3.18. The second-order valence-electron chi connectivity index (χ2n) is 6.38. The van der Waals surface area contributed by atoms with Gasteiger partial charge in [-0.3, -0.25) is 4.79 Å². The summed E-state index contributed by atoms with van der Waals surface area (Å²) in [6, 6.07) is 6.91. The Morgan fingerprint density at radius 1 is 1.21 bits per heavy atom. The van der Waals surface area contributed by atoms with Crippen LogP contribution in [0.3, 0.4) is 0 Å². The molecule has 0 bridgehead atoms. The molecule has 9 heteroatoms. The molecule has 1 amide bonds. The highest BCUT2D eigenvalue weighted by Gasteiger charge is 2.32. The largest absolute Gasteiger partial charge is 0.508 e. The summed E-state index contributed by atoms with van der Waals surface area (Å²) in [6.07, 6.45) is 4.08. The summed E-state index contributed by atoms with van der Waals surface area (Å²) >= 11 is 0. The molecule has 28 heavy (non-hydrogen) atoms. The van der Waals surface area contributed by atoms with Crippen molar-refractivity contribution in [3.05, 3.63) is 71.3 Å². The topological polar surface area (TPSA) is 121 Å². The number of aromatic hydroxyl groups is 1. The number of carbonyl (C=O) groups is 2. The highest BCUT2D eigenvalue weighted by molar-refractivity contribution is 5.93. The number of nitrogens with one attached hydrogen (secondary N) is 1. The number of imidazole rings is 1. The minimum atomic E-state index is -0.615. The predicted molar refractivity (Wildman–Crippen MR) is 96.6 cm³/mol. The van der Waals surface area contributed by atoms with Gasteiger partial charge < -0.3 is 19.7 Å². The lowest BCUT2D eigenvalue weighted by molar-refractivity contribution is 0.0591. The van der Waals surface area contributed by atoms with E-state index in [4.69, 9.17) is 0 Å². The number of H-pyrrole nitrogens is 1. The summed E-state index contributed by atoms with van der Waals surface area (Å²) in [7, 11) is 1.25. The van der Waals surface area contributed by atoms with E-state index >= 15 is 0 Å². The Balaban J connectivity index is 1.62. The molecule has 2 aromatic heterocycles. The van der Waals surface area contributed by atoms with Crippen LogP contribution in [-0.2, 0) is 11.3 Å². The molecule has 1 atom stereocenters. The average molecular weight is 379 g/mol. The van der Waals surface area contributed by atoms with Crippen LogP contribution < -0.4 is 0 Å². The zero-order chi connectivity index (χ0) is 19.7. The number of aromatic nitrogens is 4.